The molecule has 3 aromatic rings. The van der Waals surface area contributed by atoms with Crippen LogP contribution in [-0.2, 0) is 6.18 Å². The van der Waals surface area contributed by atoms with E-state index in [1.807, 2.05) is 0 Å². The van der Waals surface area contributed by atoms with Gasteiger partial charge >= 0.3 is 6.18 Å². The maximum atomic E-state index is 13.2. The van der Waals surface area contributed by atoms with Crippen LogP contribution in [0.5, 0.6) is 11.6 Å². The molecule has 0 aliphatic rings. The number of rotatable bonds is 4. The third kappa shape index (κ3) is 4.91. The van der Waals surface area contributed by atoms with Gasteiger partial charge in [-0.3, -0.25) is 4.79 Å². The largest absolute Gasteiger partial charge is 0.619 e. The molecule has 0 spiro atoms. The molecule has 29 heavy (non-hydrogen) atoms. The maximum absolute atomic E-state index is 13.2. The summed E-state index contributed by atoms with van der Waals surface area (Å²) in [6, 6.07) is 6.33. The Morgan fingerprint density at radius 1 is 1.24 bits per heavy atom. The van der Waals surface area contributed by atoms with Gasteiger partial charge in [0.05, 0.1) is 10.6 Å². The molecule has 1 amide bonds. The van der Waals surface area contributed by atoms with Crippen molar-refractivity contribution in [3.05, 3.63) is 82.2 Å². The van der Waals surface area contributed by atoms with E-state index in [4.69, 9.17) is 16.3 Å². The fourth-order valence-electron chi connectivity index (χ4n) is 2.24. The number of carbonyl (C=O) groups is 1. The summed E-state index contributed by atoms with van der Waals surface area (Å²) in [5, 5.41) is 13.4. The molecule has 3 rings (SSSR count). The van der Waals surface area contributed by atoms with E-state index in [-0.39, 0.29) is 16.5 Å². The fraction of sp³-hybridized carbons (Fsp3) is 0.0556. The number of anilines is 1. The number of benzene rings is 1. The molecule has 1 aromatic carbocycles. The molecular weight excluding hydrogens is 418 g/mol. The molecule has 0 saturated heterocycles. The zero-order chi connectivity index (χ0) is 21.2. The van der Waals surface area contributed by atoms with Gasteiger partial charge in [0.2, 0.25) is 12.1 Å². The minimum Gasteiger partial charge on any atom is -0.619 e. The monoisotopic (exact) mass is 427 g/mol. The van der Waals surface area contributed by atoms with Crippen molar-refractivity contribution in [2.45, 2.75) is 6.18 Å². The van der Waals surface area contributed by atoms with Crippen LogP contribution in [0.2, 0.25) is 5.02 Å². The van der Waals surface area contributed by atoms with E-state index < -0.39 is 34.9 Å². The lowest BCUT2D eigenvalue weighted by molar-refractivity contribution is -0.604. The Balaban J connectivity index is 2.00. The first kappa shape index (κ1) is 20.3. The van der Waals surface area contributed by atoms with Crippen molar-refractivity contribution < 1.29 is 31.8 Å². The second kappa shape index (κ2) is 7.92. The number of carbonyl (C=O) groups excluding carboxylic acids is 1. The highest BCUT2D eigenvalue weighted by Gasteiger charge is 2.33. The van der Waals surface area contributed by atoms with Crippen LogP contribution in [0.3, 0.4) is 0 Å². The molecule has 1 N–H and O–H groups in total. The number of alkyl halides is 3. The Kier molecular flexibility index (Phi) is 5.55. The lowest BCUT2D eigenvalue weighted by Crippen LogP contribution is -2.25. The Morgan fingerprint density at radius 2 is 2.00 bits per heavy atom. The fourth-order valence-corrected chi connectivity index (χ4v) is 2.45. The smallest absolute Gasteiger partial charge is 0.417 e. The Hall–Kier alpha value is -3.40. The number of aromatic nitrogens is 2. The minimum atomic E-state index is -4.77. The first-order valence-electron chi connectivity index (χ1n) is 7.84. The quantitative estimate of drug-likeness (QED) is 0.376. The van der Waals surface area contributed by atoms with Crippen molar-refractivity contribution in [1.82, 2.24) is 4.98 Å². The van der Waals surface area contributed by atoms with Crippen LogP contribution < -0.4 is 14.8 Å². The number of nitrogens with zero attached hydrogens (tertiary/aromatic N) is 2. The average molecular weight is 428 g/mol. The van der Waals surface area contributed by atoms with Gasteiger partial charge in [0.1, 0.15) is 22.8 Å². The number of nitrogens with one attached hydrogen (secondary N) is 1. The Morgan fingerprint density at radius 3 is 2.66 bits per heavy atom. The molecule has 0 unspecified atom stereocenters. The van der Waals surface area contributed by atoms with Crippen LogP contribution in [0, 0.1) is 11.0 Å². The second-order valence-corrected chi connectivity index (χ2v) is 6.07. The van der Waals surface area contributed by atoms with Gasteiger partial charge in [0, 0.05) is 12.3 Å². The standard InChI is InChI=1S/C18H10ClF4N3O3/c19-14-7-11(20)3-4-15(14)29-17-13(6-10(8-24-17)18(21,22)23)16(27)25-12-2-1-5-26(28)9-12/h1-9H,(H,25,27). The van der Waals surface area contributed by atoms with Crippen LogP contribution in [0.15, 0.2) is 55.0 Å². The van der Waals surface area contributed by atoms with Gasteiger partial charge in [0.15, 0.2) is 6.20 Å². The van der Waals surface area contributed by atoms with Gasteiger partial charge in [0.25, 0.3) is 5.91 Å². The lowest BCUT2D eigenvalue weighted by Gasteiger charge is -2.14. The second-order valence-electron chi connectivity index (χ2n) is 5.66. The van der Waals surface area contributed by atoms with Crippen molar-refractivity contribution in [2.24, 2.45) is 0 Å². The number of ether oxygens (including phenoxy) is 1. The van der Waals surface area contributed by atoms with E-state index in [0.29, 0.717) is 17.0 Å². The topological polar surface area (TPSA) is 78.2 Å². The van der Waals surface area contributed by atoms with Crippen molar-refractivity contribution in [1.29, 1.82) is 0 Å². The van der Waals surface area contributed by atoms with E-state index in [2.05, 4.69) is 10.3 Å². The summed E-state index contributed by atoms with van der Waals surface area (Å²) in [4.78, 5) is 16.1. The van der Waals surface area contributed by atoms with Crippen molar-refractivity contribution in [2.75, 3.05) is 5.32 Å². The number of hydrogen-bond donors (Lipinski definition) is 1. The number of pyridine rings is 2. The first-order valence-corrected chi connectivity index (χ1v) is 8.21. The Labute approximate surface area is 165 Å². The van der Waals surface area contributed by atoms with Crippen LogP contribution in [-0.4, -0.2) is 10.9 Å². The van der Waals surface area contributed by atoms with Crippen LogP contribution in [0.4, 0.5) is 23.2 Å². The van der Waals surface area contributed by atoms with Gasteiger partial charge in [-0.1, -0.05) is 11.6 Å². The van der Waals surface area contributed by atoms with Crippen molar-refractivity contribution in [3.63, 3.8) is 0 Å². The zero-order valence-electron chi connectivity index (χ0n) is 14.2. The molecule has 0 aliphatic heterocycles. The molecule has 0 aliphatic carbocycles. The maximum Gasteiger partial charge on any atom is 0.417 e. The lowest BCUT2D eigenvalue weighted by atomic mass is 10.1. The molecule has 0 atom stereocenters. The summed E-state index contributed by atoms with van der Waals surface area (Å²) in [6.45, 7) is 0. The molecule has 0 saturated carbocycles. The first-order chi connectivity index (χ1) is 13.6. The normalized spacial score (nSPS) is 11.2. The van der Waals surface area contributed by atoms with E-state index in [0.717, 1.165) is 30.6 Å². The third-order valence-electron chi connectivity index (χ3n) is 3.56. The summed E-state index contributed by atoms with van der Waals surface area (Å²) >= 11 is 5.85. The number of halogens is 5. The Bertz CT molecular complexity index is 1080. The van der Waals surface area contributed by atoms with Gasteiger partial charge in [-0.2, -0.15) is 17.9 Å². The summed E-state index contributed by atoms with van der Waals surface area (Å²) < 4.78 is 58.1. The molecular formula is C18H10ClF4N3O3. The summed E-state index contributed by atoms with van der Waals surface area (Å²) in [7, 11) is 0. The van der Waals surface area contributed by atoms with Crippen LogP contribution >= 0.6 is 11.6 Å². The predicted octanol–water partition coefficient (Wildman–Crippen LogP) is 4.57. The molecule has 2 heterocycles. The van der Waals surface area contributed by atoms with Gasteiger partial charge in [-0.25, -0.2) is 9.37 Å². The summed E-state index contributed by atoms with van der Waals surface area (Å²) in [6.07, 6.45) is -2.11. The summed E-state index contributed by atoms with van der Waals surface area (Å²) in [5.41, 5.74) is -1.72. The van der Waals surface area contributed by atoms with E-state index in [1.54, 1.807) is 0 Å². The highest BCUT2D eigenvalue weighted by molar-refractivity contribution is 6.32. The van der Waals surface area contributed by atoms with E-state index >= 15 is 0 Å². The summed E-state index contributed by atoms with van der Waals surface area (Å²) in [5.74, 6) is -2.28. The van der Waals surface area contributed by atoms with Crippen LogP contribution in [0.25, 0.3) is 0 Å². The number of hydrogen-bond acceptors (Lipinski definition) is 4. The molecule has 0 radical (unpaired) electrons. The highest BCUT2D eigenvalue weighted by Crippen LogP contribution is 2.34. The van der Waals surface area contributed by atoms with Crippen molar-refractivity contribution >= 4 is 23.2 Å². The van der Waals surface area contributed by atoms with E-state index in [1.165, 1.54) is 12.1 Å². The van der Waals surface area contributed by atoms with Gasteiger partial charge in [-0.05, 0) is 30.3 Å². The van der Waals surface area contributed by atoms with E-state index in [9.17, 15) is 27.6 Å². The number of amides is 1. The molecule has 0 fully saturated rings. The van der Waals surface area contributed by atoms with Gasteiger partial charge in [-0.15, -0.1) is 0 Å². The minimum absolute atomic E-state index is 0.0377. The average Bonchev–Trinajstić information content (AvgIpc) is 2.63. The SMILES string of the molecule is O=C(Nc1ccc[n+]([O-])c1)c1cc(C(F)(F)F)cnc1Oc1ccc(F)cc1Cl. The molecule has 6 nitrogen and oxygen atoms in total. The van der Waals surface area contributed by atoms with Gasteiger partial charge < -0.3 is 15.3 Å². The molecule has 11 heteroatoms. The van der Waals surface area contributed by atoms with Crippen LogP contribution in [0.1, 0.15) is 15.9 Å². The molecule has 2 aromatic heterocycles. The third-order valence-corrected chi connectivity index (χ3v) is 3.85. The predicted molar refractivity (Wildman–Crippen MR) is 94.1 cm³/mol. The molecule has 0 bridgehead atoms. The molecule has 150 valence electrons. The zero-order valence-corrected chi connectivity index (χ0v) is 15.0. The highest BCUT2D eigenvalue weighted by atomic mass is 35.5. The van der Waals surface area contributed by atoms with Crippen molar-refractivity contribution in [3.8, 4) is 11.6 Å².